The Morgan fingerprint density at radius 3 is 1.98 bits per heavy atom. The molecule has 0 spiro atoms. The van der Waals surface area contributed by atoms with Crippen LogP contribution in [0.5, 0.6) is 17.2 Å². The van der Waals surface area contributed by atoms with E-state index < -0.39 is 23.7 Å². The fourth-order valence-electron chi connectivity index (χ4n) is 5.72. The van der Waals surface area contributed by atoms with Crippen LogP contribution in [-0.4, -0.2) is 35.9 Å². The molecule has 5 aromatic rings. The van der Waals surface area contributed by atoms with Gasteiger partial charge in [-0.15, -0.1) is 0 Å². The molecule has 0 unspecified atom stereocenters. The van der Waals surface area contributed by atoms with Crippen LogP contribution in [0.2, 0.25) is 0 Å². The van der Waals surface area contributed by atoms with Crippen molar-refractivity contribution in [1.29, 1.82) is 0 Å². The van der Waals surface area contributed by atoms with Crippen LogP contribution in [-0.2, 0) is 5.41 Å². The number of hydrogen-bond donors (Lipinski definition) is 2. The number of aryl methyl sites for hydroxylation is 1. The third-order valence-electron chi connectivity index (χ3n) is 8.49. The molecule has 0 saturated carbocycles. The van der Waals surface area contributed by atoms with Crippen molar-refractivity contribution in [2.75, 3.05) is 17.3 Å². The number of ether oxygens (including phenoxy) is 2. The summed E-state index contributed by atoms with van der Waals surface area (Å²) in [7, 11) is 1.64. The maximum Gasteiger partial charge on any atom is 0.336 e. The quantitative estimate of drug-likeness (QED) is 0.157. The van der Waals surface area contributed by atoms with E-state index in [1.165, 1.54) is 18.2 Å². The summed E-state index contributed by atoms with van der Waals surface area (Å²) in [6, 6.07) is 31.2. The number of aromatic carboxylic acids is 1. The van der Waals surface area contributed by atoms with Gasteiger partial charge in [-0.3, -0.25) is 14.4 Å². The Bertz CT molecular complexity index is 2080. The van der Waals surface area contributed by atoms with E-state index in [1.54, 1.807) is 56.5 Å². The molecule has 240 valence electrons. The number of methoxy groups -OCH3 is 1. The average Bonchev–Trinajstić information content (AvgIpc) is 3.33. The Morgan fingerprint density at radius 1 is 0.708 bits per heavy atom. The largest absolute Gasteiger partial charge is 0.497 e. The predicted octanol–water partition coefficient (Wildman–Crippen LogP) is 7.87. The van der Waals surface area contributed by atoms with Gasteiger partial charge in [0, 0.05) is 11.1 Å². The number of benzene rings is 5. The second-order valence-electron chi connectivity index (χ2n) is 12.0. The zero-order valence-corrected chi connectivity index (χ0v) is 26.7. The molecule has 6 rings (SSSR count). The van der Waals surface area contributed by atoms with Gasteiger partial charge in [-0.1, -0.05) is 55.8 Å². The van der Waals surface area contributed by atoms with E-state index in [9.17, 15) is 24.3 Å². The summed E-state index contributed by atoms with van der Waals surface area (Å²) in [5, 5.41) is 12.2. The summed E-state index contributed by atoms with van der Waals surface area (Å²) in [5.41, 5.74) is 3.49. The van der Waals surface area contributed by atoms with Gasteiger partial charge in [0.1, 0.15) is 17.2 Å². The molecule has 5 aromatic carbocycles. The molecule has 0 bridgehead atoms. The van der Waals surface area contributed by atoms with Gasteiger partial charge in [0.15, 0.2) is 0 Å². The van der Waals surface area contributed by atoms with Crippen LogP contribution in [0.4, 0.5) is 11.4 Å². The van der Waals surface area contributed by atoms with E-state index in [0.717, 1.165) is 27.3 Å². The minimum absolute atomic E-state index is 0.00301. The molecule has 0 fully saturated rings. The van der Waals surface area contributed by atoms with Crippen LogP contribution in [0.25, 0.3) is 0 Å². The van der Waals surface area contributed by atoms with Crippen molar-refractivity contribution in [2.45, 2.75) is 26.2 Å². The first-order chi connectivity index (χ1) is 23.0. The normalized spacial score (nSPS) is 12.5. The predicted molar refractivity (Wildman–Crippen MR) is 182 cm³/mol. The minimum atomic E-state index is -1.23. The number of nitrogens with zero attached hydrogens (tertiary/aromatic N) is 1. The first-order valence-electron chi connectivity index (χ1n) is 15.2. The highest BCUT2D eigenvalue weighted by molar-refractivity contribution is 6.34. The summed E-state index contributed by atoms with van der Waals surface area (Å²) >= 11 is 0. The Labute approximate surface area is 277 Å². The smallest absolute Gasteiger partial charge is 0.336 e. The standard InChI is InChI=1S/C39H32N2O7/c1-23-8-18-32(38(45)46)33(20-23)35(42)40-26-6-5-7-27(21-26)41-36(43)31-19-17-30(22-34(31)37(41)44)48-29-15-11-25(12-16-29)39(2,3)24-9-13-28(47-4)14-10-24/h5-22H,1-4H3,(H,40,42)(H,45,46). The lowest BCUT2D eigenvalue weighted by Gasteiger charge is -2.26. The zero-order valence-electron chi connectivity index (χ0n) is 26.7. The Hall–Kier alpha value is -6.22. The number of amides is 3. The molecule has 3 amide bonds. The number of carboxylic acids is 1. The molecule has 1 aliphatic rings. The molecule has 2 N–H and O–H groups in total. The summed E-state index contributed by atoms with van der Waals surface area (Å²) in [6.07, 6.45) is 0. The molecule has 1 heterocycles. The highest BCUT2D eigenvalue weighted by atomic mass is 16.5. The number of anilines is 2. The van der Waals surface area contributed by atoms with Crippen molar-refractivity contribution in [1.82, 2.24) is 0 Å². The van der Waals surface area contributed by atoms with Crippen molar-refractivity contribution in [3.8, 4) is 17.2 Å². The van der Waals surface area contributed by atoms with Gasteiger partial charge in [0.25, 0.3) is 17.7 Å². The molecule has 9 nitrogen and oxygen atoms in total. The molecule has 0 radical (unpaired) electrons. The summed E-state index contributed by atoms with van der Waals surface area (Å²) < 4.78 is 11.4. The van der Waals surface area contributed by atoms with Gasteiger partial charge in [-0.05, 0) is 90.8 Å². The number of fused-ring (bicyclic) bond motifs is 1. The Balaban J connectivity index is 1.18. The van der Waals surface area contributed by atoms with E-state index in [0.29, 0.717) is 11.5 Å². The Morgan fingerprint density at radius 2 is 1.33 bits per heavy atom. The van der Waals surface area contributed by atoms with E-state index in [1.807, 2.05) is 48.5 Å². The third-order valence-corrected chi connectivity index (χ3v) is 8.49. The molecule has 48 heavy (non-hydrogen) atoms. The second-order valence-corrected chi connectivity index (χ2v) is 12.0. The van der Waals surface area contributed by atoms with Crippen molar-refractivity contribution < 1.29 is 33.8 Å². The zero-order chi connectivity index (χ0) is 34.2. The first-order valence-corrected chi connectivity index (χ1v) is 15.2. The van der Waals surface area contributed by atoms with E-state index in [2.05, 4.69) is 19.2 Å². The van der Waals surface area contributed by atoms with Crippen LogP contribution in [0, 0.1) is 6.92 Å². The van der Waals surface area contributed by atoms with Gasteiger partial charge in [-0.2, -0.15) is 0 Å². The lowest BCUT2D eigenvalue weighted by Crippen LogP contribution is -2.29. The molecular weight excluding hydrogens is 608 g/mol. The molecule has 0 saturated heterocycles. The lowest BCUT2D eigenvalue weighted by molar-refractivity contribution is 0.0692. The molecule has 9 heteroatoms. The number of carbonyl (C=O) groups is 4. The van der Waals surface area contributed by atoms with Crippen LogP contribution in [0.3, 0.4) is 0 Å². The topological polar surface area (TPSA) is 122 Å². The van der Waals surface area contributed by atoms with Gasteiger partial charge in [0.2, 0.25) is 0 Å². The molecule has 0 aliphatic carbocycles. The summed E-state index contributed by atoms with van der Waals surface area (Å²) in [4.78, 5) is 52.7. The van der Waals surface area contributed by atoms with Gasteiger partial charge >= 0.3 is 5.97 Å². The van der Waals surface area contributed by atoms with Gasteiger partial charge in [0.05, 0.1) is 35.1 Å². The maximum atomic E-state index is 13.5. The van der Waals surface area contributed by atoms with Crippen molar-refractivity contribution >= 4 is 35.1 Å². The number of rotatable bonds is 9. The number of carbonyl (C=O) groups excluding carboxylic acids is 3. The van der Waals surface area contributed by atoms with E-state index in [4.69, 9.17) is 9.47 Å². The van der Waals surface area contributed by atoms with Crippen molar-refractivity contribution in [2.24, 2.45) is 0 Å². The van der Waals surface area contributed by atoms with E-state index >= 15 is 0 Å². The molecule has 0 aromatic heterocycles. The van der Waals surface area contributed by atoms with Crippen LogP contribution < -0.4 is 19.7 Å². The summed E-state index contributed by atoms with van der Waals surface area (Å²) in [5.74, 6) is -1.14. The SMILES string of the molecule is COc1ccc(C(C)(C)c2ccc(Oc3ccc4c(c3)C(=O)N(c3cccc(NC(=O)c5cc(C)ccc5C(=O)O)c3)C4=O)cc2)cc1. The average molecular weight is 641 g/mol. The van der Waals surface area contributed by atoms with Gasteiger partial charge < -0.3 is 19.9 Å². The number of imide groups is 1. The molecule has 0 atom stereocenters. The third kappa shape index (κ3) is 6.01. The molecular formula is C39H32N2O7. The fourth-order valence-corrected chi connectivity index (χ4v) is 5.72. The van der Waals surface area contributed by atoms with Crippen LogP contribution in [0.15, 0.2) is 109 Å². The number of hydrogen-bond acceptors (Lipinski definition) is 6. The van der Waals surface area contributed by atoms with Crippen molar-refractivity contribution in [3.05, 3.63) is 148 Å². The number of carboxylic acid groups (broad SMARTS) is 1. The van der Waals surface area contributed by atoms with Crippen LogP contribution >= 0.6 is 0 Å². The number of nitrogens with one attached hydrogen (secondary N) is 1. The van der Waals surface area contributed by atoms with Crippen molar-refractivity contribution in [3.63, 3.8) is 0 Å². The molecule has 1 aliphatic heterocycles. The Kier molecular flexibility index (Phi) is 8.28. The van der Waals surface area contributed by atoms with Crippen LogP contribution in [0.1, 0.15) is 72.0 Å². The lowest BCUT2D eigenvalue weighted by atomic mass is 9.78. The van der Waals surface area contributed by atoms with Gasteiger partial charge in [-0.25, -0.2) is 9.69 Å². The highest BCUT2D eigenvalue weighted by Crippen LogP contribution is 2.36. The van der Waals surface area contributed by atoms with E-state index in [-0.39, 0.29) is 39.0 Å². The first kappa shape index (κ1) is 31.7. The second kappa shape index (κ2) is 12.5. The fraction of sp³-hybridized carbons (Fsp3) is 0.128. The monoisotopic (exact) mass is 640 g/mol. The summed E-state index contributed by atoms with van der Waals surface area (Å²) in [6.45, 7) is 6.04. The highest BCUT2D eigenvalue weighted by Gasteiger charge is 2.37. The minimum Gasteiger partial charge on any atom is -0.497 e. The maximum absolute atomic E-state index is 13.5.